The van der Waals surface area contributed by atoms with Crippen molar-refractivity contribution in [2.75, 3.05) is 30.6 Å². The fraction of sp³-hybridized carbons (Fsp3) is 0.0769. The molecule has 3 amide bonds. The molecule has 1 aromatic heterocycles. The molecule has 0 fully saturated rings. The number of carbonyl (C=O) groups is 3. The molecule has 9 nitrogen and oxygen atoms in total. The van der Waals surface area contributed by atoms with Crippen LogP contribution in [0.5, 0.6) is 11.5 Å². The fourth-order valence-corrected chi connectivity index (χ4v) is 6.44. The molecule has 0 atom stereocenters. The molecule has 5 aromatic carbocycles. The molecule has 6 aromatic rings. The van der Waals surface area contributed by atoms with E-state index in [9.17, 15) is 14.4 Å². The second-order valence-electron chi connectivity index (χ2n) is 10.9. The number of hydrogen-bond acceptors (Lipinski definition) is 8. The Kier molecular flexibility index (Phi) is 10.9. The average molecular weight is 701 g/mol. The molecule has 6 rings (SSSR count). The van der Waals surface area contributed by atoms with Crippen molar-refractivity contribution < 1.29 is 23.9 Å². The van der Waals surface area contributed by atoms with E-state index in [1.807, 2.05) is 41.8 Å². The number of benzene rings is 5. The normalized spacial score (nSPS) is 11.1. The van der Waals surface area contributed by atoms with Crippen LogP contribution in [0.2, 0.25) is 0 Å². The van der Waals surface area contributed by atoms with Gasteiger partial charge in [0.15, 0.2) is 16.6 Å². The van der Waals surface area contributed by atoms with Crippen LogP contribution in [0, 0.1) is 0 Å². The number of hydrogen-bond donors (Lipinski definition) is 3. The van der Waals surface area contributed by atoms with E-state index < -0.39 is 11.8 Å². The number of thiazole rings is 1. The zero-order valence-electron chi connectivity index (χ0n) is 27.1. The Morgan fingerprint density at radius 2 is 1.52 bits per heavy atom. The van der Waals surface area contributed by atoms with Crippen molar-refractivity contribution in [2.24, 2.45) is 0 Å². The van der Waals surface area contributed by atoms with Gasteiger partial charge in [0, 0.05) is 27.1 Å². The summed E-state index contributed by atoms with van der Waals surface area (Å²) in [5.41, 5.74) is 3.37. The van der Waals surface area contributed by atoms with Crippen molar-refractivity contribution in [1.82, 2.24) is 10.3 Å². The molecule has 50 heavy (non-hydrogen) atoms. The van der Waals surface area contributed by atoms with Gasteiger partial charge in [0.05, 0.1) is 25.7 Å². The van der Waals surface area contributed by atoms with Gasteiger partial charge in [0.1, 0.15) is 5.70 Å². The molecular weight excluding hydrogens is 669 g/mol. The summed E-state index contributed by atoms with van der Waals surface area (Å²) >= 11 is 2.74. The first-order valence-corrected chi connectivity index (χ1v) is 17.3. The number of amides is 3. The fourth-order valence-electron chi connectivity index (χ4n) is 5.00. The number of aromatic nitrogens is 1. The molecule has 0 bridgehead atoms. The number of nitrogens with one attached hydrogen (secondary N) is 3. The second kappa shape index (κ2) is 16.0. The predicted molar refractivity (Wildman–Crippen MR) is 201 cm³/mol. The Morgan fingerprint density at radius 1 is 0.780 bits per heavy atom. The topological polar surface area (TPSA) is 119 Å². The lowest BCUT2D eigenvalue weighted by Gasteiger charge is -2.13. The summed E-state index contributed by atoms with van der Waals surface area (Å²) in [5.74, 6) is 0.0741. The van der Waals surface area contributed by atoms with E-state index in [1.165, 1.54) is 37.3 Å². The number of carbonyl (C=O) groups excluding carboxylic acids is 3. The Balaban J connectivity index is 1.07. The largest absolute Gasteiger partial charge is 0.493 e. The molecule has 0 saturated carbocycles. The van der Waals surface area contributed by atoms with E-state index in [4.69, 9.17) is 9.47 Å². The van der Waals surface area contributed by atoms with Gasteiger partial charge in [-0.1, -0.05) is 60.7 Å². The highest BCUT2D eigenvalue weighted by atomic mass is 32.2. The van der Waals surface area contributed by atoms with Crippen LogP contribution in [-0.4, -0.2) is 42.7 Å². The van der Waals surface area contributed by atoms with Crippen LogP contribution in [0.3, 0.4) is 0 Å². The van der Waals surface area contributed by atoms with E-state index in [2.05, 4.69) is 45.2 Å². The molecule has 0 spiro atoms. The molecular formula is C39H32N4O5S2. The maximum Gasteiger partial charge on any atom is 0.272 e. The SMILES string of the molecule is COc1ccc(/C=C(\NC(=O)c2ccccc2)C(=O)Nc2ccc(SCC(=O)Nc3nc(-c4ccc5ccccc5c4)cs3)cc2)cc1OC. The van der Waals surface area contributed by atoms with E-state index >= 15 is 0 Å². The molecule has 0 radical (unpaired) electrons. The molecule has 3 N–H and O–H groups in total. The van der Waals surface area contributed by atoms with Gasteiger partial charge in [0.2, 0.25) is 5.91 Å². The average Bonchev–Trinajstić information content (AvgIpc) is 3.62. The standard InChI is InChI=1S/C39H32N4O5S2/c1-47-34-19-12-25(21-35(34)48-2)20-32(41-37(45)27-9-4-3-5-10-27)38(46)40-30-15-17-31(18-16-30)49-24-36(44)43-39-42-33(23-50-39)29-14-13-26-8-6-7-11-28(26)22-29/h3-23H,24H2,1-2H3,(H,40,46)(H,41,45)(H,42,43,44)/b32-20-. The van der Waals surface area contributed by atoms with Gasteiger partial charge in [-0.3, -0.25) is 14.4 Å². The van der Waals surface area contributed by atoms with Crippen LogP contribution in [0.4, 0.5) is 10.8 Å². The molecule has 0 aliphatic rings. The summed E-state index contributed by atoms with van der Waals surface area (Å²) in [5, 5.41) is 13.2. The minimum Gasteiger partial charge on any atom is -0.493 e. The first-order chi connectivity index (χ1) is 24.4. The zero-order valence-corrected chi connectivity index (χ0v) is 28.8. The molecule has 0 unspecified atom stereocenters. The summed E-state index contributed by atoms with van der Waals surface area (Å²) in [6.45, 7) is 0. The Hall–Kier alpha value is -5.91. The van der Waals surface area contributed by atoms with E-state index in [0.717, 1.165) is 26.9 Å². The first kappa shape index (κ1) is 34.0. The highest BCUT2D eigenvalue weighted by Crippen LogP contribution is 2.30. The monoisotopic (exact) mass is 700 g/mol. The third-order valence-electron chi connectivity index (χ3n) is 7.53. The van der Waals surface area contributed by atoms with Gasteiger partial charge in [-0.05, 0) is 77.0 Å². The van der Waals surface area contributed by atoms with Crippen molar-refractivity contribution >= 4 is 68.5 Å². The number of anilines is 2. The molecule has 0 saturated heterocycles. The molecule has 0 aliphatic heterocycles. The number of thioether (sulfide) groups is 1. The van der Waals surface area contributed by atoms with Gasteiger partial charge in [0.25, 0.3) is 11.8 Å². The minimum absolute atomic E-state index is 0.0344. The van der Waals surface area contributed by atoms with Crippen molar-refractivity contribution in [3.63, 3.8) is 0 Å². The first-order valence-electron chi connectivity index (χ1n) is 15.5. The zero-order chi connectivity index (χ0) is 34.9. The highest BCUT2D eigenvalue weighted by molar-refractivity contribution is 8.00. The van der Waals surface area contributed by atoms with Crippen LogP contribution in [-0.2, 0) is 9.59 Å². The summed E-state index contributed by atoms with van der Waals surface area (Å²) < 4.78 is 10.7. The van der Waals surface area contributed by atoms with Gasteiger partial charge in [-0.25, -0.2) is 4.98 Å². The third kappa shape index (κ3) is 8.56. The van der Waals surface area contributed by atoms with Crippen molar-refractivity contribution in [3.05, 3.63) is 137 Å². The van der Waals surface area contributed by atoms with Crippen molar-refractivity contribution in [3.8, 4) is 22.8 Å². The predicted octanol–water partition coefficient (Wildman–Crippen LogP) is 8.12. The number of methoxy groups -OCH3 is 2. The summed E-state index contributed by atoms with van der Waals surface area (Å²) in [7, 11) is 3.06. The van der Waals surface area contributed by atoms with Crippen LogP contribution in [0.25, 0.3) is 28.1 Å². The van der Waals surface area contributed by atoms with E-state index in [1.54, 1.807) is 60.7 Å². The summed E-state index contributed by atoms with van der Waals surface area (Å²) in [6.07, 6.45) is 1.56. The van der Waals surface area contributed by atoms with Crippen LogP contribution >= 0.6 is 23.1 Å². The minimum atomic E-state index is -0.518. The number of nitrogens with zero attached hydrogens (tertiary/aromatic N) is 1. The lowest BCUT2D eigenvalue weighted by molar-refractivity contribution is -0.114. The van der Waals surface area contributed by atoms with Crippen LogP contribution in [0.1, 0.15) is 15.9 Å². The smallest absolute Gasteiger partial charge is 0.272 e. The lowest BCUT2D eigenvalue weighted by Crippen LogP contribution is -2.30. The van der Waals surface area contributed by atoms with Gasteiger partial charge in [-0.15, -0.1) is 23.1 Å². The molecule has 1 heterocycles. The lowest BCUT2D eigenvalue weighted by atomic mass is 10.1. The summed E-state index contributed by atoms with van der Waals surface area (Å²) in [6, 6.07) is 35.3. The third-order valence-corrected chi connectivity index (χ3v) is 9.30. The Bertz CT molecular complexity index is 2180. The maximum atomic E-state index is 13.5. The number of ether oxygens (including phenoxy) is 2. The molecule has 250 valence electrons. The second-order valence-corrected chi connectivity index (χ2v) is 12.8. The van der Waals surface area contributed by atoms with Gasteiger partial charge >= 0.3 is 0 Å². The number of rotatable bonds is 12. The van der Waals surface area contributed by atoms with Gasteiger partial charge < -0.3 is 25.4 Å². The number of fused-ring (bicyclic) bond motifs is 1. The molecule has 11 heteroatoms. The van der Waals surface area contributed by atoms with Crippen LogP contribution < -0.4 is 25.4 Å². The van der Waals surface area contributed by atoms with Crippen molar-refractivity contribution in [1.29, 1.82) is 0 Å². The van der Waals surface area contributed by atoms with E-state index in [-0.39, 0.29) is 17.4 Å². The maximum absolute atomic E-state index is 13.5. The quantitative estimate of drug-likeness (QED) is 0.0872. The Labute approximate surface area is 297 Å². The van der Waals surface area contributed by atoms with Gasteiger partial charge in [-0.2, -0.15) is 0 Å². The van der Waals surface area contributed by atoms with Crippen molar-refractivity contribution in [2.45, 2.75) is 4.90 Å². The highest BCUT2D eigenvalue weighted by Gasteiger charge is 2.16. The van der Waals surface area contributed by atoms with Crippen LogP contribution in [0.15, 0.2) is 131 Å². The van der Waals surface area contributed by atoms with E-state index in [0.29, 0.717) is 33.4 Å². The Morgan fingerprint density at radius 3 is 2.28 bits per heavy atom. The molecule has 0 aliphatic carbocycles. The summed E-state index contributed by atoms with van der Waals surface area (Å²) in [4.78, 5) is 44.7.